The predicted molar refractivity (Wildman–Crippen MR) is 75.9 cm³/mol. The molecule has 0 bridgehead atoms. The van der Waals surface area contributed by atoms with Crippen LogP contribution in [0.1, 0.15) is 49.4 Å². The summed E-state index contributed by atoms with van der Waals surface area (Å²) in [6.07, 6.45) is 5.68. The molecule has 2 rings (SSSR count). The van der Waals surface area contributed by atoms with Crippen molar-refractivity contribution in [3.63, 3.8) is 0 Å². The van der Waals surface area contributed by atoms with Gasteiger partial charge in [-0.1, -0.05) is 31.4 Å². The van der Waals surface area contributed by atoms with Crippen LogP contribution in [-0.2, 0) is 0 Å². The van der Waals surface area contributed by atoms with Crippen molar-refractivity contribution in [1.29, 1.82) is 0 Å². The summed E-state index contributed by atoms with van der Waals surface area (Å²) in [5.41, 5.74) is 0.182. The molecule has 1 aromatic rings. The number of aromatic carboxylic acids is 1. The van der Waals surface area contributed by atoms with Crippen LogP contribution in [0.3, 0.4) is 0 Å². The maximum absolute atomic E-state index is 11.2. The monoisotopic (exact) mass is 282 g/mol. The summed E-state index contributed by atoms with van der Waals surface area (Å²) >= 11 is 5.85. The van der Waals surface area contributed by atoms with Gasteiger partial charge in [-0.3, -0.25) is 0 Å². The summed E-state index contributed by atoms with van der Waals surface area (Å²) in [5, 5.41) is 12.7. The summed E-state index contributed by atoms with van der Waals surface area (Å²) < 4.78 is 0. The van der Waals surface area contributed by atoms with Crippen molar-refractivity contribution in [1.82, 2.24) is 4.98 Å². The lowest BCUT2D eigenvalue weighted by atomic mass is 10.0. The van der Waals surface area contributed by atoms with E-state index in [0.717, 1.165) is 18.8 Å². The fraction of sp³-hybridized carbons (Fsp3) is 0.571. The zero-order valence-electron chi connectivity index (χ0n) is 11.0. The molecule has 0 aromatic carbocycles. The molecule has 0 spiro atoms. The van der Waals surface area contributed by atoms with Gasteiger partial charge in [0, 0.05) is 6.04 Å². The number of hydrogen-bond donors (Lipinski definition) is 2. The van der Waals surface area contributed by atoms with E-state index in [1.165, 1.54) is 31.4 Å². The molecule has 104 valence electrons. The number of carboxylic acids is 1. The maximum atomic E-state index is 11.2. The molecule has 19 heavy (non-hydrogen) atoms. The van der Waals surface area contributed by atoms with Gasteiger partial charge in [0.15, 0.2) is 0 Å². The summed E-state index contributed by atoms with van der Waals surface area (Å²) in [4.78, 5) is 15.3. The third-order valence-electron chi connectivity index (χ3n) is 3.69. The molecule has 4 nitrogen and oxygen atoms in total. The molecule has 1 saturated carbocycles. The van der Waals surface area contributed by atoms with Gasteiger partial charge < -0.3 is 10.4 Å². The molecular weight excluding hydrogens is 264 g/mol. The Morgan fingerprint density at radius 2 is 2.16 bits per heavy atom. The molecule has 1 fully saturated rings. The normalized spacial score (nSPS) is 23.7. The zero-order chi connectivity index (χ0) is 13.8. The second-order valence-electron chi connectivity index (χ2n) is 5.29. The second kappa shape index (κ2) is 6.24. The second-order valence-corrected chi connectivity index (χ2v) is 5.68. The first-order valence-corrected chi connectivity index (χ1v) is 7.10. The number of hydrogen-bond acceptors (Lipinski definition) is 3. The van der Waals surface area contributed by atoms with Gasteiger partial charge >= 0.3 is 5.97 Å². The molecule has 1 heterocycles. The van der Waals surface area contributed by atoms with E-state index in [2.05, 4.69) is 17.2 Å². The lowest BCUT2D eigenvalue weighted by molar-refractivity contribution is 0.0697. The van der Waals surface area contributed by atoms with Gasteiger partial charge in [-0.25, -0.2) is 9.78 Å². The van der Waals surface area contributed by atoms with Crippen LogP contribution in [0.2, 0.25) is 5.15 Å². The number of aromatic nitrogens is 1. The Morgan fingerprint density at radius 3 is 2.89 bits per heavy atom. The molecule has 5 heteroatoms. The van der Waals surface area contributed by atoms with Crippen LogP contribution in [0.4, 0.5) is 5.82 Å². The van der Waals surface area contributed by atoms with Crippen LogP contribution in [-0.4, -0.2) is 22.1 Å². The highest BCUT2D eigenvalue weighted by molar-refractivity contribution is 6.29. The van der Waals surface area contributed by atoms with Crippen LogP contribution in [0.5, 0.6) is 0 Å². The smallest absolute Gasteiger partial charge is 0.339 e. The number of nitrogens with one attached hydrogen (secondary N) is 1. The number of nitrogens with zero attached hydrogens (tertiary/aromatic N) is 1. The van der Waals surface area contributed by atoms with E-state index in [1.54, 1.807) is 0 Å². The minimum atomic E-state index is -0.978. The number of carboxylic acid groups (broad SMARTS) is 1. The molecular formula is C14H19ClN2O2. The van der Waals surface area contributed by atoms with Crippen molar-refractivity contribution in [3.8, 4) is 0 Å². The highest BCUT2D eigenvalue weighted by Crippen LogP contribution is 2.26. The fourth-order valence-electron chi connectivity index (χ4n) is 2.54. The molecule has 0 aliphatic heterocycles. The topological polar surface area (TPSA) is 62.2 Å². The molecule has 1 aliphatic rings. The van der Waals surface area contributed by atoms with Crippen molar-refractivity contribution < 1.29 is 9.90 Å². The number of anilines is 1. The van der Waals surface area contributed by atoms with Crippen molar-refractivity contribution in [3.05, 3.63) is 22.8 Å². The average Bonchev–Trinajstić information content (AvgIpc) is 2.54. The van der Waals surface area contributed by atoms with Gasteiger partial charge in [0.05, 0.1) is 0 Å². The molecule has 2 N–H and O–H groups in total. The first-order valence-electron chi connectivity index (χ1n) is 6.72. The van der Waals surface area contributed by atoms with Gasteiger partial charge in [0.1, 0.15) is 16.5 Å². The van der Waals surface area contributed by atoms with E-state index in [4.69, 9.17) is 16.7 Å². The van der Waals surface area contributed by atoms with Gasteiger partial charge in [-0.05, 0) is 37.3 Å². The minimum Gasteiger partial charge on any atom is -0.478 e. The third kappa shape index (κ3) is 3.83. The fourth-order valence-corrected chi connectivity index (χ4v) is 2.69. The van der Waals surface area contributed by atoms with Crippen LogP contribution < -0.4 is 5.32 Å². The predicted octanol–water partition coefficient (Wildman–Crippen LogP) is 3.81. The Balaban J connectivity index is 2.13. The van der Waals surface area contributed by atoms with E-state index in [9.17, 15) is 4.79 Å². The Labute approximate surface area is 118 Å². The standard InChI is InChI=1S/C14H19ClN2O2/c1-9-3-2-4-10(6-5-9)16-13-11(14(18)19)7-8-12(15)17-13/h7-10H,2-6H2,1H3,(H,16,17)(H,18,19). The van der Waals surface area contributed by atoms with Crippen molar-refractivity contribution in [2.45, 2.75) is 45.1 Å². The number of carbonyl (C=O) groups is 1. The first-order chi connectivity index (χ1) is 9.06. The summed E-state index contributed by atoms with van der Waals surface area (Å²) in [7, 11) is 0. The molecule has 0 saturated heterocycles. The Morgan fingerprint density at radius 1 is 1.37 bits per heavy atom. The average molecular weight is 283 g/mol. The maximum Gasteiger partial charge on any atom is 0.339 e. The van der Waals surface area contributed by atoms with Gasteiger partial charge in [0.2, 0.25) is 0 Å². The van der Waals surface area contributed by atoms with Crippen molar-refractivity contribution >= 4 is 23.4 Å². The van der Waals surface area contributed by atoms with E-state index in [0.29, 0.717) is 11.0 Å². The van der Waals surface area contributed by atoms with Crippen molar-refractivity contribution in [2.75, 3.05) is 5.32 Å². The van der Waals surface area contributed by atoms with E-state index < -0.39 is 5.97 Å². The molecule has 2 unspecified atom stereocenters. The van der Waals surface area contributed by atoms with Crippen LogP contribution in [0.25, 0.3) is 0 Å². The highest BCUT2D eigenvalue weighted by atomic mass is 35.5. The van der Waals surface area contributed by atoms with Crippen LogP contribution in [0, 0.1) is 5.92 Å². The molecule has 0 radical (unpaired) electrons. The Hall–Kier alpha value is -1.29. The third-order valence-corrected chi connectivity index (χ3v) is 3.90. The number of halogens is 1. The molecule has 2 atom stereocenters. The van der Waals surface area contributed by atoms with Crippen LogP contribution in [0.15, 0.2) is 12.1 Å². The van der Waals surface area contributed by atoms with E-state index >= 15 is 0 Å². The van der Waals surface area contributed by atoms with Gasteiger partial charge in [-0.2, -0.15) is 0 Å². The number of pyridine rings is 1. The van der Waals surface area contributed by atoms with E-state index in [-0.39, 0.29) is 11.6 Å². The first kappa shape index (κ1) is 14.1. The molecule has 1 aliphatic carbocycles. The Kier molecular flexibility index (Phi) is 4.64. The summed E-state index contributed by atoms with van der Waals surface area (Å²) in [6, 6.07) is 3.29. The van der Waals surface area contributed by atoms with Gasteiger partial charge in [-0.15, -0.1) is 0 Å². The Bertz CT molecular complexity index is 465. The lowest BCUT2D eigenvalue weighted by Gasteiger charge is -2.18. The molecule has 0 amide bonds. The molecule has 1 aromatic heterocycles. The summed E-state index contributed by atoms with van der Waals surface area (Å²) in [5.74, 6) is 0.159. The summed E-state index contributed by atoms with van der Waals surface area (Å²) in [6.45, 7) is 2.27. The van der Waals surface area contributed by atoms with E-state index in [1.807, 2.05) is 0 Å². The van der Waals surface area contributed by atoms with Crippen molar-refractivity contribution in [2.24, 2.45) is 5.92 Å². The number of rotatable bonds is 3. The minimum absolute atomic E-state index is 0.182. The SMILES string of the molecule is CC1CCCC(Nc2nc(Cl)ccc2C(=O)O)CC1. The van der Waals surface area contributed by atoms with Gasteiger partial charge in [0.25, 0.3) is 0 Å². The lowest BCUT2D eigenvalue weighted by Crippen LogP contribution is -2.21. The largest absolute Gasteiger partial charge is 0.478 e. The highest BCUT2D eigenvalue weighted by Gasteiger charge is 2.19. The van der Waals surface area contributed by atoms with Crippen LogP contribution >= 0.6 is 11.6 Å². The quantitative estimate of drug-likeness (QED) is 0.654. The zero-order valence-corrected chi connectivity index (χ0v) is 11.8.